The van der Waals surface area contributed by atoms with Crippen LogP contribution in [0.3, 0.4) is 0 Å². The summed E-state index contributed by atoms with van der Waals surface area (Å²) in [6, 6.07) is 0.470. The molecule has 0 bridgehead atoms. The first-order chi connectivity index (χ1) is 8.11. The lowest BCUT2D eigenvalue weighted by Crippen LogP contribution is -2.30. The van der Waals surface area contributed by atoms with E-state index < -0.39 is 0 Å². The minimum Gasteiger partial charge on any atom is -0.347 e. The second kappa shape index (κ2) is 4.70. The van der Waals surface area contributed by atoms with Gasteiger partial charge in [0.05, 0.1) is 0 Å². The predicted octanol–water partition coefficient (Wildman–Crippen LogP) is 0.212. The maximum atomic E-state index is 5.38. The number of aromatic nitrogens is 3. The average molecular weight is 237 g/mol. The standard InChI is InChI=1S/C10H19N7/c1-7-5-4-6-17(7)10-13-8(15-11)12-9(14-10)16(2)3/h7H,4-6,11H2,1-3H3,(H,12,13,14,15). The molecule has 0 amide bonds. The third-order valence-corrected chi connectivity index (χ3v) is 2.95. The van der Waals surface area contributed by atoms with Crippen LogP contribution in [0.25, 0.3) is 0 Å². The largest absolute Gasteiger partial charge is 0.347 e. The van der Waals surface area contributed by atoms with Crippen molar-refractivity contribution in [3.8, 4) is 0 Å². The molecule has 1 saturated heterocycles. The highest BCUT2D eigenvalue weighted by Gasteiger charge is 2.24. The molecule has 1 fully saturated rings. The van der Waals surface area contributed by atoms with Gasteiger partial charge in [-0.3, -0.25) is 5.43 Å². The molecule has 7 heteroatoms. The van der Waals surface area contributed by atoms with Crippen LogP contribution in [0.4, 0.5) is 17.8 Å². The Morgan fingerprint density at radius 2 is 2.12 bits per heavy atom. The van der Waals surface area contributed by atoms with Crippen LogP contribution in [0.15, 0.2) is 0 Å². The number of nitrogens with zero attached hydrogens (tertiary/aromatic N) is 5. The quantitative estimate of drug-likeness (QED) is 0.574. The van der Waals surface area contributed by atoms with Gasteiger partial charge >= 0.3 is 0 Å². The van der Waals surface area contributed by atoms with E-state index in [1.807, 2.05) is 19.0 Å². The molecule has 0 saturated carbocycles. The predicted molar refractivity (Wildman–Crippen MR) is 68.0 cm³/mol. The average Bonchev–Trinajstić information content (AvgIpc) is 2.74. The van der Waals surface area contributed by atoms with E-state index >= 15 is 0 Å². The van der Waals surface area contributed by atoms with Gasteiger partial charge in [-0.2, -0.15) is 15.0 Å². The van der Waals surface area contributed by atoms with Crippen LogP contribution in [0.1, 0.15) is 19.8 Å². The fraction of sp³-hybridized carbons (Fsp3) is 0.700. The zero-order valence-corrected chi connectivity index (χ0v) is 10.5. The molecule has 1 aromatic heterocycles. The van der Waals surface area contributed by atoms with Gasteiger partial charge in [0.1, 0.15) is 0 Å². The molecule has 1 atom stereocenters. The van der Waals surface area contributed by atoms with Crippen molar-refractivity contribution in [3.63, 3.8) is 0 Å². The molecule has 1 aromatic rings. The van der Waals surface area contributed by atoms with E-state index in [0.29, 0.717) is 23.9 Å². The number of hydrazine groups is 1. The van der Waals surface area contributed by atoms with Gasteiger partial charge < -0.3 is 9.80 Å². The van der Waals surface area contributed by atoms with E-state index in [9.17, 15) is 0 Å². The van der Waals surface area contributed by atoms with E-state index in [-0.39, 0.29) is 0 Å². The molecule has 1 aliphatic heterocycles. The van der Waals surface area contributed by atoms with Crippen molar-refractivity contribution in [2.75, 3.05) is 35.9 Å². The number of nitrogens with two attached hydrogens (primary N) is 1. The monoisotopic (exact) mass is 237 g/mol. The molecule has 0 radical (unpaired) electrons. The van der Waals surface area contributed by atoms with Crippen molar-refractivity contribution in [2.45, 2.75) is 25.8 Å². The summed E-state index contributed by atoms with van der Waals surface area (Å²) in [7, 11) is 3.79. The summed E-state index contributed by atoms with van der Waals surface area (Å²) in [5.74, 6) is 7.09. The number of nitrogen functional groups attached to an aromatic ring is 1. The molecule has 2 rings (SSSR count). The smallest absolute Gasteiger partial charge is 0.243 e. The van der Waals surface area contributed by atoms with Crippen molar-refractivity contribution in [3.05, 3.63) is 0 Å². The van der Waals surface area contributed by atoms with Crippen LogP contribution in [-0.4, -0.2) is 41.6 Å². The van der Waals surface area contributed by atoms with Crippen LogP contribution in [0.5, 0.6) is 0 Å². The van der Waals surface area contributed by atoms with E-state index in [2.05, 4.69) is 32.2 Å². The fourth-order valence-electron chi connectivity index (χ4n) is 1.98. The van der Waals surface area contributed by atoms with Gasteiger partial charge in [-0.05, 0) is 19.8 Å². The first-order valence-corrected chi connectivity index (χ1v) is 5.78. The van der Waals surface area contributed by atoms with Gasteiger partial charge in [0, 0.05) is 26.7 Å². The lowest BCUT2D eigenvalue weighted by molar-refractivity contribution is 0.713. The van der Waals surface area contributed by atoms with Crippen molar-refractivity contribution in [2.24, 2.45) is 5.84 Å². The minimum absolute atomic E-state index is 0.401. The van der Waals surface area contributed by atoms with Crippen LogP contribution >= 0.6 is 0 Å². The van der Waals surface area contributed by atoms with Crippen LogP contribution < -0.4 is 21.1 Å². The van der Waals surface area contributed by atoms with Crippen molar-refractivity contribution in [1.29, 1.82) is 0 Å². The SMILES string of the molecule is CC1CCCN1c1nc(NN)nc(N(C)C)n1. The highest BCUT2D eigenvalue weighted by Crippen LogP contribution is 2.23. The zero-order valence-electron chi connectivity index (χ0n) is 10.5. The molecular formula is C10H19N7. The fourth-order valence-corrected chi connectivity index (χ4v) is 1.98. The molecule has 3 N–H and O–H groups in total. The van der Waals surface area contributed by atoms with E-state index in [1.54, 1.807) is 0 Å². The highest BCUT2D eigenvalue weighted by atomic mass is 15.4. The normalized spacial score (nSPS) is 19.5. The second-order valence-electron chi connectivity index (χ2n) is 4.48. The van der Waals surface area contributed by atoms with Gasteiger partial charge in [-0.15, -0.1) is 0 Å². The number of nitrogens with one attached hydrogen (secondary N) is 1. The summed E-state index contributed by atoms with van der Waals surface area (Å²) in [6.45, 7) is 3.17. The van der Waals surface area contributed by atoms with E-state index in [4.69, 9.17) is 5.84 Å². The highest BCUT2D eigenvalue weighted by molar-refractivity contribution is 5.45. The van der Waals surface area contributed by atoms with Crippen molar-refractivity contribution < 1.29 is 0 Å². The van der Waals surface area contributed by atoms with Gasteiger partial charge in [0.2, 0.25) is 17.8 Å². The summed E-state index contributed by atoms with van der Waals surface area (Å²) < 4.78 is 0. The Labute approximate surface area is 101 Å². The summed E-state index contributed by atoms with van der Waals surface area (Å²) in [4.78, 5) is 17.0. The van der Waals surface area contributed by atoms with Gasteiger partial charge in [-0.25, -0.2) is 5.84 Å². The van der Waals surface area contributed by atoms with Gasteiger partial charge in [-0.1, -0.05) is 0 Å². The minimum atomic E-state index is 0.401. The van der Waals surface area contributed by atoms with E-state index in [0.717, 1.165) is 6.54 Å². The zero-order chi connectivity index (χ0) is 12.4. The maximum absolute atomic E-state index is 5.38. The Kier molecular flexibility index (Phi) is 3.28. The molecular weight excluding hydrogens is 218 g/mol. The molecule has 1 unspecified atom stereocenters. The lowest BCUT2D eigenvalue weighted by atomic mass is 10.2. The first-order valence-electron chi connectivity index (χ1n) is 5.78. The molecule has 1 aliphatic rings. The van der Waals surface area contributed by atoms with Crippen LogP contribution in [0, 0.1) is 0 Å². The Bertz CT molecular complexity index is 392. The van der Waals surface area contributed by atoms with Gasteiger partial charge in [0.25, 0.3) is 0 Å². The molecule has 7 nitrogen and oxygen atoms in total. The Morgan fingerprint density at radius 1 is 1.35 bits per heavy atom. The summed E-state index contributed by atoms with van der Waals surface area (Å²) in [5, 5.41) is 0. The number of hydrogen-bond donors (Lipinski definition) is 2. The molecule has 0 aliphatic carbocycles. The van der Waals surface area contributed by atoms with Gasteiger partial charge in [0.15, 0.2) is 0 Å². The van der Waals surface area contributed by atoms with Crippen molar-refractivity contribution in [1.82, 2.24) is 15.0 Å². The third kappa shape index (κ3) is 2.38. The molecule has 0 spiro atoms. The number of rotatable bonds is 3. The van der Waals surface area contributed by atoms with Crippen LogP contribution in [0.2, 0.25) is 0 Å². The Morgan fingerprint density at radius 3 is 2.65 bits per heavy atom. The van der Waals surface area contributed by atoms with Crippen molar-refractivity contribution >= 4 is 17.8 Å². The molecule has 94 valence electrons. The molecule has 2 heterocycles. The summed E-state index contributed by atoms with van der Waals surface area (Å²) >= 11 is 0. The van der Waals surface area contributed by atoms with E-state index in [1.165, 1.54) is 12.8 Å². The lowest BCUT2D eigenvalue weighted by Gasteiger charge is -2.22. The Hall–Kier alpha value is -1.63. The molecule has 0 aromatic carbocycles. The third-order valence-electron chi connectivity index (χ3n) is 2.95. The van der Waals surface area contributed by atoms with Crippen LogP contribution in [-0.2, 0) is 0 Å². The first kappa shape index (κ1) is 11.8. The summed E-state index contributed by atoms with van der Waals surface area (Å²) in [5.41, 5.74) is 2.49. The Balaban J connectivity index is 2.35. The topological polar surface area (TPSA) is 83.2 Å². The number of anilines is 3. The number of hydrogen-bond acceptors (Lipinski definition) is 7. The second-order valence-corrected chi connectivity index (χ2v) is 4.48. The maximum Gasteiger partial charge on any atom is 0.243 e. The summed E-state index contributed by atoms with van der Waals surface area (Å²) in [6.07, 6.45) is 2.35. The molecule has 17 heavy (non-hydrogen) atoms.